The molecule has 6 nitrogen and oxygen atoms in total. The van der Waals surface area contributed by atoms with Crippen LogP contribution in [0.5, 0.6) is 0 Å². The summed E-state index contributed by atoms with van der Waals surface area (Å²) in [5, 5.41) is 3.52. The van der Waals surface area contributed by atoms with Gasteiger partial charge in [-0.05, 0) is 23.8 Å². The number of piperazine rings is 1. The molecule has 0 unspecified atom stereocenters. The fraction of sp³-hybridized carbons (Fsp3) is 0.316. The Balaban J connectivity index is 1.36. The molecule has 0 radical (unpaired) electrons. The lowest BCUT2D eigenvalue weighted by molar-refractivity contribution is -0.132. The number of amides is 2. The number of halogens is 1. The van der Waals surface area contributed by atoms with Gasteiger partial charge in [-0.2, -0.15) is 0 Å². The van der Waals surface area contributed by atoms with Gasteiger partial charge in [-0.1, -0.05) is 29.8 Å². The zero-order valence-electron chi connectivity index (χ0n) is 14.2. The standard InChI is InChI=1S/C19H19ClN4O2/c20-13-5-6-17(21-12-13)23-7-9-24(10-8-23)18(25)11-16-14-3-1-2-4-15(14)19(26)22-16/h1-6,12,16H,7-11H2,(H,22,26)/t16-/m0/s1. The number of carbonyl (C=O) groups excluding carboxylic acids is 2. The van der Waals surface area contributed by atoms with Crippen LogP contribution >= 0.6 is 11.6 Å². The first-order valence-electron chi connectivity index (χ1n) is 8.66. The number of anilines is 1. The number of pyridine rings is 1. The predicted molar refractivity (Wildman–Crippen MR) is 99.3 cm³/mol. The molecule has 134 valence electrons. The molecule has 3 heterocycles. The molecule has 0 bridgehead atoms. The van der Waals surface area contributed by atoms with Gasteiger partial charge < -0.3 is 15.1 Å². The van der Waals surface area contributed by atoms with E-state index in [1.54, 1.807) is 12.3 Å². The fourth-order valence-electron chi connectivity index (χ4n) is 3.53. The Labute approximate surface area is 156 Å². The first kappa shape index (κ1) is 16.8. The van der Waals surface area contributed by atoms with Crippen LogP contribution in [0.25, 0.3) is 0 Å². The maximum Gasteiger partial charge on any atom is 0.252 e. The fourth-order valence-corrected chi connectivity index (χ4v) is 3.64. The van der Waals surface area contributed by atoms with Gasteiger partial charge in [0, 0.05) is 37.9 Å². The quantitative estimate of drug-likeness (QED) is 0.900. The summed E-state index contributed by atoms with van der Waals surface area (Å²) < 4.78 is 0. The SMILES string of the molecule is O=C1N[C@@H](CC(=O)N2CCN(c3ccc(Cl)cn3)CC2)c2ccccc21. The van der Waals surface area contributed by atoms with Gasteiger partial charge in [0.25, 0.3) is 5.91 Å². The Hall–Kier alpha value is -2.60. The summed E-state index contributed by atoms with van der Waals surface area (Å²) in [5.74, 6) is 0.839. The zero-order chi connectivity index (χ0) is 18.1. The first-order chi connectivity index (χ1) is 12.6. The third kappa shape index (κ3) is 3.24. The van der Waals surface area contributed by atoms with Gasteiger partial charge in [-0.25, -0.2) is 4.98 Å². The molecule has 1 aromatic carbocycles. The van der Waals surface area contributed by atoms with Gasteiger partial charge in [0.05, 0.1) is 17.5 Å². The average molecular weight is 371 g/mol. The van der Waals surface area contributed by atoms with Gasteiger partial charge in [0.15, 0.2) is 0 Å². The van der Waals surface area contributed by atoms with E-state index in [0.29, 0.717) is 30.1 Å². The second kappa shape index (κ2) is 6.96. The minimum Gasteiger partial charge on any atom is -0.353 e. The third-order valence-corrected chi connectivity index (χ3v) is 5.16. The molecule has 1 N–H and O–H groups in total. The maximum absolute atomic E-state index is 12.7. The maximum atomic E-state index is 12.7. The van der Waals surface area contributed by atoms with E-state index in [2.05, 4.69) is 15.2 Å². The Kier molecular flexibility index (Phi) is 4.51. The van der Waals surface area contributed by atoms with Crippen molar-refractivity contribution in [1.29, 1.82) is 0 Å². The van der Waals surface area contributed by atoms with E-state index >= 15 is 0 Å². The molecule has 4 rings (SSSR count). The molecule has 1 fully saturated rings. The van der Waals surface area contributed by atoms with Crippen LogP contribution in [0.15, 0.2) is 42.6 Å². The molecule has 0 aliphatic carbocycles. The van der Waals surface area contributed by atoms with Crippen LogP contribution in [0.3, 0.4) is 0 Å². The lowest BCUT2D eigenvalue weighted by Crippen LogP contribution is -2.49. The minimum atomic E-state index is -0.234. The van der Waals surface area contributed by atoms with E-state index < -0.39 is 0 Å². The highest BCUT2D eigenvalue weighted by atomic mass is 35.5. The second-order valence-corrected chi connectivity index (χ2v) is 6.96. The summed E-state index contributed by atoms with van der Waals surface area (Å²) in [6.45, 7) is 2.75. The number of benzene rings is 1. The molecule has 2 amide bonds. The van der Waals surface area contributed by atoms with Crippen molar-refractivity contribution < 1.29 is 9.59 Å². The van der Waals surface area contributed by atoms with Gasteiger partial charge in [0.1, 0.15) is 5.82 Å². The number of nitrogens with zero attached hydrogens (tertiary/aromatic N) is 3. The molecule has 1 saturated heterocycles. The topological polar surface area (TPSA) is 65.5 Å². The van der Waals surface area contributed by atoms with Crippen molar-refractivity contribution in [3.05, 3.63) is 58.7 Å². The van der Waals surface area contributed by atoms with Crippen molar-refractivity contribution in [1.82, 2.24) is 15.2 Å². The van der Waals surface area contributed by atoms with E-state index in [9.17, 15) is 9.59 Å². The molecule has 0 spiro atoms. The zero-order valence-corrected chi connectivity index (χ0v) is 14.9. The number of hydrogen-bond acceptors (Lipinski definition) is 4. The van der Waals surface area contributed by atoms with Gasteiger partial charge in [-0.15, -0.1) is 0 Å². The molecule has 26 heavy (non-hydrogen) atoms. The van der Waals surface area contributed by atoms with Crippen LogP contribution in [0.4, 0.5) is 5.82 Å². The average Bonchev–Trinajstić information content (AvgIpc) is 2.98. The highest BCUT2D eigenvalue weighted by molar-refractivity contribution is 6.30. The van der Waals surface area contributed by atoms with Crippen molar-refractivity contribution in [2.75, 3.05) is 31.1 Å². The summed E-state index contributed by atoms with van der Waals surface area (Å²) >= 11 is 5.88. The Morgan fingerprint density at radius 3 is 2.65 bits per heavy atom. The molecule has 7 heteroatoms. The van der Waals surface area contributed by atoms with E-state index in [-0.39, 0.29) is 17.9 Å². The summed E-state index contributed by atoms with van der Waals surface area (Å²) in [5.41, 5.74) is 1.58. The summed E-state index contributed by atoms with van der Waals surface area (Å²) in [6, 6.07) is 10.9. The third-order valence-electron chi connectivity index (χ3n) is 4.93. The van der Waals surface area contributed by atoms with E-state index in [1.165, 1.54) is 0 Å². The van der Waals surface area contributed by atoms with Crippen LogP contribution in [-0.2, 0) is 4.79 Å². The molecule has 2 aliphatic heterocycles. The largest absolute Gasteiger partial charge is 0.353 e. The second-order valence-electron chi connectivity index (χ2n) is 6.52. The van der Waals surface area contributed by atoms with Crippen molar-refractivity contribution >= 4 is 29.2 Å². The number of aromatic nitrogens is 1. The van der Waals surface area contributed by atoms with E-state index in [4.69, 9.17) is 11.6 Å². The highest BCUT2D eigenvalue weighted by Crippen LogP contribution is 2.28. The van der Waals surface area contributed by atoms with Crippen LogP contribution in [0.1, 0.15) is 28.4 Å². The van der Waals surface area contributed by atoms with Crippen molar-refractivity contribution in [3.8, 4) is 0 Å². The van der Waals surface area contributed by atoms with Crippen molar-refractivity contribution in [3.63, 3.8) is 0 Å². The van der Waals surface area contributed by atoms with E-state index in [0.717, 1.165) is 24.5 Å². The Bertz CT molecular complexity index is 832. The smallest absolute Gasteiger partial charge is 0.252 e. The summed E-state index contributed by atoms with van der Waals surface area (Å²) in [6.07, 6.45) is 1.93. The first-order valence-corrected chi connectivity index (χ1v) is 9.03. The number of fused-ring (bicyclic) bond motifs is 1. The monoisotopic (exact) mass is 370 g/mol. The van der Waals surface area contributed by atoms with Crippen LogP contribution < -0.4 is 10.2 Å². The predicted octanol–water partition coefficient (Wildman–Crippen LogP) is 2.26. The molecule has 1 aromatic heterocycles. The van der Waals surface area contributed by atoms with Crippen LogP contribution in [0.2, 0.25) is 5.02 Å². The van der Waals surface area contributed by atoms with Crippen LogP contribution in [-0.4, -0.2) is 47.9 Å². The van der Waals surface area contributed by atoms with Crippen molar-refractivity contribution in [2.24, 2.45) is 0 Å². The van der Waals surface area contributed by atoms with Crippen LogP contribution in [0, 0.1) is 0 Å². The lowest BCUT2D eigenvalue weighted by Gasteiger charge is -2.35. The normalized spacial score (nSPS) is 19.3. The van der Waals surface area contributed by atoms with Gasteiger partial charge in [-0.3, -0.25) is 9.59 Å². The molecule has 0 saturated carbocycles. The molecule has 2 aliphatic rings. The number of hydrogen-bond donors (Lipinski definition) is 1. The Morgan fingerprint density at radius 1 is 1.15 bits per heavy atom. The summed E-state index contributed by atoms with van der Waals surface area (Å²) in [7, 11) is 0. The molecule has 2 aromatic rings. The molecular formula is C19H19ClN4O2. The molecular weight excluding hydrogens is 352 g/mol. The molecule has 1 atom stereocenters. The van der Waals surface area contributed by atoms with E-state index in [1.807, 2.05) is 35.2 Å². The summed E-state index contributed by atoms with van der Waals surface area (Å²) in [4.78, 5) is 33.0. The van der Waals surface area contributed by atoms with Gasteiger partial charge in [0.2, 0.25) is 5.91 Å². The lowest BCUT2D eigenvalue weighted by atomic mass is 10.0. The highest BCUT2D eigenvalue weighted by Gasteiger charge is 2.31. The van der Waals surface area contributed by atoms with Gasteiger partial charge >= 0.3 is 0 Å². The number of nitrogens with one attached hydrogen (secondary N) is 1. The number of carbonyl (C=O) groups is 2. The Morgan fingerprint density at radius 2 is 1.92 bits per heavy atom. The van der Waals surface area contributed by atoms with Crippen molar-refractivity contribution in [2.45, 2.75) is 12.5 Å². The number of rotatable bonds is 3. The minimum absolute atomic E-state index is 0.0655.